The summed E-state index contributed by atoms with van der Waals surface area (Å²) in [6, 6.07) is 5.21. The molecule has 1 aromatic carbocycles. The van der Waals surface area contributed by atoms with Crippen molar-refractivity contribution in [3.05, 3.63) is 35.1 Å². The normalized spacial score (nSPS) is 17.9. The van der Waals surface area contributed by atoms with Gasteiger partial charge in [-0.05, 0) is 55.2 Å². The van der Waals surface area contributed by atoms with Gasteiger partial charge in [0.15, 0.2) is 0 Å². The number of carboxylic acids is 1. The van der Waals surface area contributed by atoms with E-state index in [-0.39, 0.29) is 17.7 Å². The fraction of sp³-hybridized carbons (Fsp3) is 0.588. The van der Waals surface area contributed by atoms with E-state index in [9.17, 15) is 9.18 Å². The monoisotopic (exact) mass is 278 g/mol. The topological polar surface area (TPSA) is 37.3 Å². The summed E-state index contributed by atoms with van der Waals surface area (Å²) in [5, 5.41) is 9.16. The minimum Gasteiger partial charge on any atom is -0.481 e. The van der Waals surface area contributed by atoms with E-state index < -0.39 is 5.97 Å². The molecule has 0 radical (unpaired) electrons. The van der Waals surface area contributed by atoms with Crippen LogP contribution >= 0.6 is 0 Å². The van der Waals surface area contributed by atoms with Gasteiger partial charge in [-0.3, -0.25) is 4.79 Å². The zero-order valence-electron chi connectivity index (χ0n) is 12.1. The smallest absolute Gasteiger partial charge is 0.303 e. The Morgan fingerprint density at radius 2 is 2.00 bits per heavy atom. The third kappa shape index (κ3) is 3.81. The Bertz CT molecular complexity index is 476. The Hall–Kier alpha value is -1.38. The van der Waals surface area contributed by atoms with E-state index in [4.69, 9.17) is 5.11 Å². The first-order valence-corrected chi connectivity index (χ1v) is 7.48. The molecule has 1 saturated carbocycles. The summed E-state index contributed by atoms with van der Waals surface area (Å²) in [4.78, 5) is 11.1. The van der Waals surface area contributed by atoms with Crippen LogP contribution in [0, 0.1) is 18.2 Å². The molecule has 1 aliphatic rings. The van der Waals surface area contributed by atoms with Gasteiger partial charge in [-0.15, -0.1) is 0 Å². The lowest BCUT2D eigenvalue weighted by Gasteiger charge is -2.36. The Kier molecular flexibility index (Phi) is 4.79. The molecule has 3 heteroatoms. The Morgan fingerprint density at radius 3 is 2.60 bits per heavy atom. The Balaban J connectivity index is 2.04. The third-order valence-corrected chi connectivity index (χ3v) is 4.61. The van der Waals surface area contributed by atoms with E-state index in [0.29, 0.717) is 5.56 Å². The molecule has 1 fully saturated rings. The van der Waals surface area contributed by atoms with Crippen LogP contribution in [0.5, 0.6) is 0 Å². The van der Waals surface area contributed by atoms with E-state index >= 15 is 0 Å². The molecule has 0 amide bonds. The molecule has 0 unspecified atom stereocenters. The van der Waals surface area contributed by atoms with Crippen molar-refractivity contribution in [2.24, 2.45) is 5.41 Å². The number of carbonyl (C=O) groups is 1. The number of rotatable bonds is 5. The predicted octanol–water partition coefficient (Wildman–Crippen LogP) is 4.49. The Morgan fingerprint density at radius 1 is 1.30 bits per heavy atom. The molecule has 1 N–H and O–H groups in total. The van der Waals surface area contributed by atoms with Crippen LogP contribution in [0.25, 0.3) is 0 Å². The van der Waals surface area contributed by atoms with Crippen molar-refractivity contribution in [1.82, 2.24) is 0 Å². The maximum atomic E-state index is 13.3. The minimum atomic E-state index is -0.692. The molecule has 20 heavy (non-hydrogen) atoms. The average molecular weight is 278 g/mol. The van der Waals surface area contributed by atoms with Crippen molar-refractivity contribution in [1.29, 1.82) is 0 Å². The highest BCUT2D eigenvalue weighted by atomic mass is 19.1. The molecule has 1 aliphatic carbocycles. The molecular weight excluding hydrogens is 255 g/mol. The molecule has 2 rings (SSSR count). The summed E-state index contributed by atoms with van der Waals surface area (Å²) in [5.41, 5.74) is 1.73. The molecule has 110 valence electrons. The number of hydrogen-bond acceptors (Lipinski definition) is 1. The Labute approximate surface area is 120 Å². The fourth-order valence-corrected chi connectivity index (χ4v) is 3.41. The van der Waals surface area contributed by atoms with Crippen molar-refractivity contribution in [3.8, 4) is 0 Å². The SMILES string of the molecule is Cc1cc(CCC2(CC(=O)O)CCCCC2)ccc1F. The number of halogens is 1. The summed E-state index contributed by atoms with van der Waals surface area (Å²) >= 11 is 0. The van der Waals surface area contributed by atoms with Crippen LogP contribution < -0.4 is 0 Å². The summed E-state index contributed by atoms with van der Waals surface area (Å²) in [6.45, 7) is 1.77. The van der Waals surface area contributed by atoms with Crippen LogP contribution in [0.2, 0.25) is 0 Å². The zero-order chi connectivity index (χ0) is 14.6. The van der Waals surface area contributed by atoms with Gasteiger partial charge >= 0.3 is 5.97 Å². The summed E-state index contributed by atoms with van der Waals surface area (Å²) in [7, 11) is 0. The maximum Gasteiger partial charge on any atom is 0.303 e. The van der Waals surface area contributed by atoms with Gasteiger partial charge in [-0.2, -0.15) is 0 Å². The number of benzene rings is 1. The van der Waals surface area contributed by atoms with Gasteiger partial charge < -0.3 is 5.11 Å². The van der Waals surface area contributed by atoms with Crippen LogP contribution in [-0.4, -0.2) is 11.1 Å². The first-order chi connectivity index (χ1) is 9.51. The number of carboxylic acid groups (broad SMARTS) is 1. The standard InChI is InChI=1S/C17H23FO2/c1-13-11-14(5-6-15(13)18)7-10-17(12-16(19)20)8-3-2-4-9-17/h5-6,11H,2-4,7-10,12H2,1H3,(H,19,20). The molecule has 2 nitrogen and oxygen atoms in total. The third-order valence-electron chi connectivity index (χ3n) is 4.61. The highest BCUT2D eigenvalue weighted by molar-refractivity contribution is 5.67. The largest absolute Gasteiger partial charge is 0.481 e. The van der Waals surface area contributed by atoms with Crippen LogP contribution in [0.4, 0.5) is 4.39 Å². The van der Waals surface area contributed by atoms with Crippen molar-refractivity contribution in [2.45, 2.75) is 58.3 Å². The summed E-state index contributed by atoms with van der Waals surface area (Å²) in [5.74, 6) is -0.867. The molecular formula is C17H23FO2. The van der Waals surface area contributed by atoms with Gasteiger partial charge in [0.1, 0.15) is 5.82 Å². The molecule has 0 spiro atoms. The highest BCUT2D eigenvalue weighted by Gasteiger charge is 2.33. The number of aryl methyl sites for hydroxylation is 2. The van der Waals surface area contributed by atoms with E-state index in [0.717, 1.165) is 44.1 Å². The summed E-state index contributed by atoms with van der Waals surface area (Å²) < 4.78 is 13.3. The van der Waals surface area contributed by atoms with Crippen molar-refractivity contribution < 1.29 is 14.3 Å². The van der Waals surface area contributed by atoms with Crippen LogP contribution in [0.1, 0.15) is 56.1 Å². The summed E-state index contributed by atoms with van der Waals surface area (Å²) in [6.07, 6.45) is 7.52. The van der Waals surface area contributed by atoms with Crippen molar-refractivity contribution in [3.63, 3.8) is 0 Å². The van der Waals surface area contributed by atoms with E-state index in [2.05, 4.69) is 0 Å². The zero-order valence-corrected chi connectivity index (χ0v) is 12.1. The second-order valence-electron chi connectivity index (χ2n) is 6.21. The molecule has 0 saturated heterocycles. The van der Waals surface area contributed by atoms with Gasteiger partial charge in [-0.1, -0.05) is 31.4 Å². The fourth-order valence-electron chi connectivity index (χ4n) is 3.41. The predicted molar refractivity (Wildman–Crippen MR) is 77.2 cm³/mol. The molecule has 0 heterocycles. The molecule has 0 aliphatic heterocycles. The van der Waals surface area contributed by atoms with Gasteiger partial charge in [0.2, 0.25) is 0 Å². The maximum absolute atomic E-state index is 13.3. The quantitative estimate of drug-likeness (QED) is 0.861. The van der Waals surface area contributed by atoms with Crippen molar-refractivity contribution >= 4 is 5.97 Å². The number of aliphatic carboxylic acids is 1. The minimum absolute atomic E-state index is 0.0492. The molecule has 0 bridgehead atoms. The van der Waals surface area contributed by atoms with Gasteiger partial charge in [0.25, 0.3) is 0 Å². The first kappa shape index (κ1) is 15.0. The average Bonchev–Trinajstić information content (AvgIpc) is 2.40. The highest BCUT2D eigenvalue weighted by Crippen LogP contribution is 2.43. The number of hydrogen-bond donors (Lipinski definition) is 1. The van der Waals surface area contributed by atoms with E-state index in [1.54, 1.807) is 6.92 Å². The lowest BCUT2D eigenvalue weighted by molar-refractivity contribution is -0.140. The van der Waals surface area contributed by atoms with Gasteiger partial charge in [0.05, 0.1) is 6.42 Å². The second kappa shape index (κ2) is 6.38. The lowest BCUT2D eigenvalue weighted by atomic mass is 9.68. The molecule has 0 aromatic heterocycles. The van der Waals surface area contributed by atoms with Crippen LogP contribution in [0.15, 0.2) is 18.2 Å². The van der Waals surface area contributed by atoms with Crippen LogP contribution in [-0.2, 0) is 11.2 Å². The van der Waals surface area contributed by atoms with Gasteiger partial charge in [-0.25, -0.2) is 4.39 Å². The van der Waals surface area contributed by atoms with Crippen LogP contribution in [0.3, 0.4) is 0 Å². The van der Waals surface area contributed by atoms with E-state index in [1.807, 2.05) is 12.1 Å². The van der Waals surface area contributed by atoms with E-state index in [1.165, 1.54) is 12.5 Å². The lowest BCUT2D eigenvalue weighted by Crippen LogP contribution is -2.28. The van der Waals surface area contributed by atoms with Crippen molar-refractivity contribution in [2.75, 3.05) is 0 Å². The second-order valence-corrected chi connectivity index (χ2v) is 6.21. The van der Waals surface area contributed by atoms with Gasteiger partial charge in [0, 0.05) is 0 Å². The molecule has 0 atom stereocenters. The first-order valence-electron chi connectivity index (χ1n) is 7.48. The molecule has 1 aromatic rings.